The van der Waals surface area contributed by atoms with Crippen molar-refractivity contribution >= 4 is 11.6 Å². The molecule has 1 N–H and O–H groups in total. The summed E-state index contributed by atoms with van der Waals surface area (Å²) in [6.07, 6.45) is 4.79. The van der Waals surface area contributed by atoms with Gasteiger partial charge in [-0.25, -0.2) is 4.79 Å². The fraction of sp³-hybridized carbons (Fsp3) is 0.714. The van der Waals surface area contributed by atoms with Crippen LogP contribution in [0.25, 0.3) is 0 Å². The molecule has 0 amide bonds. The van der Waals surface area contributed by atoms with Crippen molar-refractivity contribution in [1.82, 2.24) is 9.55 Å². The number of hydrogen-bond acceptors (Lipinski definition) is 2. The molecule has 0 spiro atoms. The maximum absolute atomic E-state index is 12.2. The molecule has 1 heterocycles. The molecule has 0 aliphatic carbocycles. The third-order valence-electron chi connectivity index (χ3n) is 3.57. The lowest BCUT2D eigenvalue weighted by atomic mass is 9.99. The predicted octanol–water partition coefficient (Wildman–Crippen LogP) is 2.97. The number of hydrogen-bond donors (Lipinski definition) is 1. The van der Waals surface area contributed by atoms with Gasteiger partial charge in [0.05, 0.1) is 5.56 Å². The normalized spacial score (nSPS) is 12.6. The monoisotopic (exact) mass is 286 g/mol. The van der Waals surface area contributed by atoms with Gasteiger partial charge in [-0.3, -0.25) is 14.3 Å². The predicted molar refractivity (Wildman–Crippen MR) is 79.0 cm³/mol. The zero-order valence-electron chi connectivity index (χ0n) is 12.0. The summed E-state index contributed by atoms with van der Waals surface area (Å²) in [5.74, 6) is 0.365. The molecule has 0 aliphatic rings. The van der Waals surface area contributed by atoms with Crippen molar-refractivity contribution in [2.45, 2.75) is 59.4 Å². The van der Waals surface area contributed by atoms with Crippen molar-refractivity contribution in [3.8, 4) is 0 Å². The summed E-state index contributed by atoms with van der Waals surface area (Å²) in [5.41, 5.74) is -0.153. The van der Waals surface area contributed by atoms with Gasteiger partial charge in [0.2, 0.25) is 0 Å². The average Bonchev–Trinajstić information content (AvgIpc) is 2.38. The Balaban J connectivity index is 3.06. The fourth-order valence-corrected chi connectivity index (χ4v) is 2.53. The first-order valence-electron chi connectivity index (χ1n) is 7.06. The summed E-state index contributed by atoms with van der Waals surface area (Å²) in [6.45, 7) is 6.58. The maximum atomic E-state index is 12.2. The minimum absolute atomic E-state index is 0.176. The second kappa shape index (κ2) is 7.53. The molecule has 1 atom stereocenters. The lowest BCUT2D eigenvalue weighted by molar-refractivity contribution is 0.376. The topological polar surface area (TPSA) is 54.9 Å². The Morgan fingerprint density at radius 2 is 1.95 bits per heavy atom. The number of H-pyrrole nitrogens is 1. The molecule has 4 nitrogen and oxygen atoms in total. The summed E-state index contributed by atoms with van der Waals surface area (Å²) in [4.78, 5) is 26.7. The van der Waals surface area contributed by atoms with Gasteiger partial charge in [0, 0.05) is 6.54 Å². The Hall–Kier alpha value is -1.03. The first-order valence-corrected chi connectivity index (χ1v) is 7.44. The molecule has 1 aromatic rings. The number of unbranched alkanes of at least 4 members (excludes halogenated alkanes) is 1. The Morgan fingerprint density at radius 1 is 1.26 bits per heavy atom. The van der Waals surface area contributed by atoms with Crippen molar-refractivity contribution in [1.29, 1.82) is 0 Å². The molecule has 1 unspecified atom stereocenters. The molecular formula is C14H23ClN2O2. The fourth-order valence-electron chi connectivity index (χ4n) is 2.23. The van der Waals surface area contributed by atoms with Crippen molar-refractivity contribution in [3.05, 3.63) is 31.6 Å². The lowest BCUT2D eigenvalue weighted by Gasteiger charge is -2.16. The van der Waals surface area contributed by atoms with Gasteiger partial charge < -0.3 is 0 Å². The molecule has 0 fully saturated rings. The highest BCUT2D eigenvalue weighted by Gasteiger charge is 2.14. The summed E-state index contributed by atoms with van der Waals surface area (Å²) >= 11 is 5.89. The minimum atomic E-state index is -0.401. The largest absolute Gasteiger partial charge is 0.329 e. The van der Waals surface area contributed by atoms with E-state index in [-0.39, 0.29) is 10.7 Å². The quantitative estimate of drug-likeness (QED) is 0.784. The van der Waals surface area contributed by atoms with Crippen LogP contribution < -0.4 is 11.2 Å². The highest BCUT2D eigenvalue weighted by Crippen LogP contribution is 2.14. The maximum Gasteiger partial charge on any atom is 0.329 e. The lowest BCUT2D eigenvalue weighted by Crippen LogP contribution is -2.39. The first-order chi connectivity index (χ1) is 9.04. The molecule has 1 rings (SSSR count). The van der Waals surface area contributed by atoms with Gasteiger partial charge in [-0.15, -0.1) is 0 Å². The second-order valence-corrected chi connectivity index (χ2v) is 5.29. The molecule has 0 bridgehead atoms. The van der Waals surface area contributed by atoms with Gasteiger partial charge in [0.15, 0.2) is 0 Å². The molecule has 1 aromatic heterocycles. The summed E-state index contributed by atoms with van der Waals surface area (Å²) in [6, 6.07) is 0. The Labute approximate surface area is 118 Å². The molecule has 0 saturated heterocycles. The summed E-state index contributed by atoms with van der Waals surface area (Å²) in [5, 5.41) is 0.176. The number of nitrogens with zero attached hydrogens (tertiary/aromatic N) is 1. The van der Waals surface area contributed by atoms with E-state index in [1.165, 1.54) is 4.57 Å². The molecule has 0 aliphatic heterocycles. The average molecular weight is 287 g/mol. The van der Waals surface area contributed by atoms with E-state index in [4.69, 9.17) is 11.6 Å². The van der Waals surface area contributed by atoms with Crippen LogP contribution in [0.5, 0.6) is 0 Å². The van der Waals surface area contributed by atoms with Gasteiger partial charge in [0.25, 0.3) is 5.56 Å². The van der Waals surface area contributed by atoms with E-state index in [1.807, 2.05) is 6.92 Å². The molecule has 0 saturated carbocycles. The number of rotatable bonds is 7. The Kier molecular flexibility index (Phi) is 6.35. The van der Waals surface area contributed by atoms with E-state index in [2.05, 4.69) is 18.8 Å². The van der Waals surface area contributed by atoms with Gasteiger partial charge in [0.1, 0.15) is 5.15 Å². The van der Waals surface area contributed by atoms with E-state index in [1.54, 1.807) is 0 Å². The standard InChI is InChI=1S/C14H23ClN2O2/c1-4-7-8-10(5-2)9-17-13(18)11(6-3)12(15)16-14(17)19/h10H,4-9H2,1-3H3,(H,16,19). The van der Waals surface area contributed by atoms with Crippen LogP contribution in [-0.2, 0) is 13.0 Å². The Morgan fingerprint density at radius 3 is 2.47 bits per heavy atom. The molecule has 0 radical (unpaired) electrons. The van der Waals surface area contributed by atoms with Crippen LogP contribution in [0.15, 0.2) is 9.59 Å². The highest BCUT2D eigenvalue weighted by molar-refractivity contribution is 6.30. The number of aromatic nitrogens is 2. The number of halogens is 1. The molecule has 108 valence electrons. The van der Waals surface area contributed by atoms with Crippen molar-refractivity contribution < 1.29 is 0 Å². The van der Waals surface area contributed by atoms with E-state index in [0.29, 0.717) is 24.4 Å². The van der Waals surface area contributed by atoms with Crippen molar-refractivity contribution in [3.63, 3.8) is 0 Å². The number of aromatic amines is 1. The van der Waals surface area contributed by atoms with Crippen LogP contribution in [0.3, 0.4) is 0 Å². The van der Waals surface area contributed by atoms with E-state index in [9.17, 15) is 9.59 Å². The third-order valence-corrected chi connectivity index (χ3v) is 3.89. The van der Waals surface area contributed by atoms with Crippen LogP contribution in [0, 0.1) is 5.92 Å². The second-order valence-electron chi connectivity index (χ2n) is 4.91. The van der Waals surface area contributed by atoms with Crippen molar-refractivity contribution in [2.75, 3.05) is 0 Å². The molecule has 0 aromatic carbocycles. The molecule has 19 heavy (non-hydrogen) atoms. The molecular weight excluding hydrogens is 264 g/mol. The van der Waals surface area contributed by atoms with Crippen LogP contribution in [0.2, 0.25) is 5.15 Å². The zero-order chi connectivity index (χ0) is 14.4. The van der Waals surface area contributed by atoms with Gasteiger partial charge >= 0.3 is 5.69 Å². The van der Waals surface area contributed by atoms with Crippen LogP contribution >= 0.6 is 11.6 Å². The van der Waals surface area contributed by atoms with E-state index < -0.39 is 5.69 Å². The van der Waals surface area contributed by atoms with Crippen LogP contribution in [-0.4, -0.2) is 9.55 Å². The number of nitrogens with one attached hydrogen (secondary N) is 1. The SMILES string of the molecule is CCCCC(CC)Cn1c(=O)[nH]c(Cl)c(CC)c1=O. The zero-order valence-corrected chi connectivity index (χ0v) is 12.7. The molecule has 5 heteroatoms. The first kappa shape index (κ1) is 16.0. The van der Waals surface area contributed by atoms with Gasteiger partial charge in [-0.1, -0.05) is 51.6 Å². The van der Waals surface area contributed by atoms with Crippen LogP contribution in [0.4, 0.5) is 0 Å². The smallest absolute Gasteiger partial charge is 0.297 e. The minimum Gasteiger partial charge on any atom is -0.297 e. The third kappa shape index (κ3) is 3.96. The van der Waals surface area contributed by atoms with Crippen molar-refractivity contribution in [2.24, 2.45) is 5.92 Å². The van der Waals surface area contributed by atoms with E-state index >= 15 is 0 Å². The summed E-state index contributed by atoms with van der Waals surface area (Å²) in [7, 11) is 0. The van der Waals surface area contributed by atoms with Crippen LogP contribution in [0.1, 0.15) is 52.0 Å². The highest BCUT2D eigenvalue weighted by atomic mass is 35.5. The van der Waals surface area contributed by atoms with Gasteiger partial charge in [-0.2, -0.15) is 0 Å². The summed E-state index contributed by atoms with van der Waals surface area (Å²) < 4.78 is 1.30. The Bertz CT molecular complexity index is 519. The van der Waals surface area contributed by atoms with E-state index in [0.717, 1.165) is 25.7 Å². The van der Waals surface area contributed by atoms with Gasteiger partial charge in [-0.05, 0) is 18.8 Å².